The van der Waals surface area contributed by atoms with E-state index >= 15 is 0 Å². The van der Waals surface area contributed by atoms with Crippen LogP contribution in [0.1, 0.15) is 43.6 Å². The first-order valence-electron chi connectivity index (χ1n) is 11.4. The maximum absolute atomic E-state index is 12.9. The Kier molecular flexibility index (Phi) is 6.06. The minimum absolute atomic E-state index is 0.0231. The van der Waals surface area contributed by atoms with Gasteiger partial charge in [0.15, 0.2) is 6.10 Å². The highest BCUT2D eigenvalue weighted by Gasteiger charge is 2.34. The van der Waals surface area contributed by atoms with Gasteiger partial charge in [0.2, 0.25) is 0 Å². The Morgan fingerprint density at radius 2 is 1.74 bits per heavy atom. The first kappa shape index (κ1) is 20.7. The molecule has 5 rings (SSSR count). The first-order chi connectivity index (χ1) is 15.2. The van der Waals surface area contributed by atoms with Crippen molar-refractivity contribution in [3.05, 3.63) is 53.1 Å². The molecule has 0 spiro atoms. The highest BCUT2D eigenvalue weighted by molar-refractivity contribution is 6.32. The molecule has 1 saturated carbocycles. The molecule has 0 radical (unpaired) electrons. The van der Waals surface area contributed by atoms with Crippen molar-refractivity contribution in [2.75, 3.05) is 37.7 Å². The molecule has 0 bridgehead atoms. The zero-order valence-corrected chi connectivity index (χ0v) is 18.5. The number of hydrogen-bond donors (Lipinski definition) is 0. The molecule has 2 aromatic rings. The fraction of sp³-hybridized carbons (Fsp3) is 0.480. The van der Waals surface area contributed by atoms with E-state index in [4.69, 9.17) is 21.1 Å². The van der Waals surface area contributed by atoms with E-state index in [0.29, 0.717) is 30.3 Å². The summed E-state index contributed by atoms with van der Waals surface area (Å²) in [6.45, 7) is 4.47. The van der Waals surface area contributed by atoms with Gasteiger partial charge in [-0.2, -0.15) is 0 Å². The van der Waals surface area contributed by atoms with Crippen LogP contribution in [-0.4, -0.2) is 49.7 Å². The van der Waals surface area contributed by atoms with Gasteiger partial charge in [0, 0.05) is 25.2 Å². The van der Waals surface area contributed by atoms with Gasteiger partial charge in [-0.25, -0.2) is 0 Å². The number of nitrogens with zero attached hydrogens (tertiary/aromatic N) is 2. The summed E-state index contributed by atoms with van der Waals surface area (Å²) in [5.41, 5.74) is 2.15. The van der Waals surface area contributed by atoms with Crippen LogP contribution < -0.4 is 14.4 Å². The molecule has 3 fully saturated rings. The predicted octanol–water partition coefficient (Wildman–Crippen LogP) is 4.88. The average molecular weight is 441 g/mol. The van der Waals surface area contributed by atoms with E-state index < -0.39 is 6.10 Å². The summed E-state index contributed by atoms with van der Waals surface area (Å²) < 4.78 is 11.9. The maximum Gasteiger partial charge on any atom is 0.268 e. The summed E-state index contributed by atoms with van der Waals surface area (Å²) in [7, 11) is 0. The van der Waals surface area contributed by atoms with Crippen molar-refractivity contribution >= 4 is 23.2 Å². The third-order valence-corrected chi connectivity index (χ3v) is 6.75. The molecule has 6 heteroatoms. The summed E-state index contributed by atoms with van der Waals surface area (Å²) in [4.78, 5) is 17.1. The van der Waals surface area contributed by atoms with Gasteiger partial charge in [0.1, 0.15) is 18.1 Å². The van der Waals surface area contributed by atoms with E-state index in [0.717, 1.165) is 37.0 Å². The summed E-state index contributed by atoms with van der Waals surface area (Å²) >= 11 is 6.45. The third kappa shape index (κ3) is 4.83. The number of likely N-dealkylation sites (tertiary alicyclic amines) is 1. The highest BCUT2D eigenvalue weighted by atomic mass is 35.5. The molecule has 0 N–H and O–H groups in total. The Morgan fingerprint density at radius 3 is 2.45 bits per heavy atom. The monoisotopic (exact) mass is 440 g/mol. The average Bonchev–Trinajstić information content (AvgIpc) is 3.38. The molecule has 0 aromatic heterocycles. The smallest absolute Gasteiger partial charge is 0.268 e. The van der Waals surface area contributed by atoms with E-state index in [1.165, 1.54) is 31.2 Å². The minimum Gasteiger partial charge on any atom is -0.491 e. The Bertz CT molecular complexity index is 923. The van der Waals surface area contributed by atoms with Crippen molar-refractivity contribution in [3.8, 4) is 11.5 Å². The fourth-order valence-corrected chi connectivity index (χ4v) is 4.71. The summed E-state index contributed by atoms with van der Waals surface area (Å²) in [5, 5.41) is 0.534. The quantitative estimate of drug-likeness (QED) is 0.587. The molecule has 3 aliphatic rings. The van der Waals surface area contributed by atoms with Crippen molar-refractivity contribution < 1.29 is 14.3 Å². The highest BCUT2D eigenvalue weighted by Crippen LogP contribution is 2.40. The normalized spacial score (nSPS) is 21.6. The standard InChI is InChI=1S/C25H29ClN2O3/c26-22-17-20(7-10-23(22)30-16-15-27-12-1-2-13-27)28-14-11-24(25(28)29)31-21-8-5-19(6-9-21)18-3-4-18/h5-10,17-18,24H,1-4,11-16H2/t24-/m1/s1. The van der Waals surface area contributed by atoms with Gasteiger partial charge in [-0.3, -0.25) is 9.69 Å². The van der Waals surface area contributed by atoms with Crippen LogP contribution in [0.15, 0.2) is 42.5 Å². The predicted molar refractivity (Wildman–Crippen MR) is 122 cm³/mol. The molecule has 2 saturated heterocycles. The molecule has 1 atom stereocenters. The molecule has 1 amide bonds. The second-order valence-corrected chi connectivity index (χ2v) is 9.15. The van der Waals surface area contributed by atoms with Gasteiger partial charge in [0.25, 0.3) is 5.91 Å². The van der Waals surface area contributed by atoms with Crippen LogP contribution in [-0.2, 0) is 4.79 Å². The van der Waals surface area contributed by atoms with Gasteiger partial charge in [-0.15, -0.1) is 0 Å². The van der Waals surface area contributed by atoms with Crippen LogP contribution in [0, 0.1) is 0 Å². The SMILES string of the molecule is O=C1[C@H](Oc2ccc(C3CC3)cc2)CCN1c1ccc(OCCN2CCCC2)c(Cl)c1. The molecule has 164 valence electrons. The number of benzene rings is 2. The molecular formula is C25H29ClN2O3. The van der Waals surface area contributed by atoms with Crippen LogP contribution in [0.2, 0.25) is 5.02 Å². The summed E-state index contributed by atoms with van der Waals surface area (Å²) in [6, 6.07) is 13.8. The van der Waals surface area contributed by atoms with E-state index in [1.54, 1.807) is 4.90 Å². The number of carbonyl (C=O) groups is 1. The van der Waals surface area contributed by atoms with Crippen LogP contribution in [0.3, 0.4) is 0 Å². The number of carbonyl (C=O) groups excluding carboxylic acids is 1. The van der Waals surface area contributed by atoms with E-state index in [1.807, 2.05) is 30.3 Å². The zero-order valence-electron chi connectivity index (χ0n) is 17.8. The molecule has 2 aliphatic heterocycles. The fourth-order valence-electron chi connectivity index (χ4n) is 4.48. The molecular weight excluding hydrogens is 412 g/mol. The van der Waals surface area contributed by atoms with Gasteiger partial charge in [-0.1, -0.05) is 23.7 Å². The van der Waals surface area contributed by atoms with Crippen molar-refractivity contribution in [3.63, 3.8) is 0 Å². The summed E-state index contributed by atoms with van der Waals surface area (Å²) in [6.07, 6.45) is 5.31. The maximum atomic E-state index is 12.9. The molecule has 2 heterocycles. The number of rotatable bonds is 8. The van der Waals surface area contributed by atoms with Crippen molar-refractivity contribution in [1.29, 1.82) is 0 Å². The second-order valence-electron chi connectivity index (χ2n) is 8.74. The molecule has 5 nitrogen and oxygen atoms in total. The van der Waals surface area contributed by atoms with Crippen LogP contribution >= 0.6 is 11.6 Å². The number of ether oxygens (including phenoxy) is 2. The molecule has 2 aromatic carbocycles. The van der Waals surface area contributed by atoms with Crippen LogP contribution in [0.5, 0.6) is 11.5 Å². The van der Waals surface area contributed by atoms with Crippen molar-refractivity contribution in [1.82, 2.24) is 4.90 Å². The minimum atomic E-state index is -0.457. The molecule has 0 unspecified atom stereocenters. The van der Waals surface area contributed by atoms with E-state index in [2.05, 4.69) is 17.0 Å². The third-order valence-electron chi connectivity index (χ3n) is 6.45. The Morgan fingerprint density at radius 1 is 0.968 bits per heavy atom. The lowest BCUT2D eigenvalue weighted by Gasteiger charge is -2.19. The summed E-state index contributed by atoms with van der Waals surface area (Å²) in [5.74, 6) is 2.11. The van der Waals surface area contributed by atoms with Crippen molar-refractivity contribution in [2.45, 2.75) is 44.1 Å². The lowest BCUT2D eigenvalue weighted by molar-refractivity contribution is -0.122. The Balaban J connectivity index is 1.17. The lowest BCUT2D eigenvalue weighted by Crippen LogP contribution is -2.32. The van der Waals surface area contributed by atoms with Gasteiger partial charge in [-0.05, 0) is 80.6 Å². The van der Waals surface area contributed by atoms with E-state index in [9.17, 15) is 4.79 Å². The van der Waals surface area contributed by atoms with Gasteiger partial charge < -0.3 is 14.4 Å². The van der Waals surface area contributed by atoms with E-state index in [-0.39, 0.29) is 5.91 Å². The van der Waals surface area contributed by atoms with Crippen LogP contribution in [0.25, 0.3) is 0 Å². The molecule has 31 heavy (non-hydrogen) atoms. The zero-order chi connectivity index (χ0) is 21.2. The lowest BCUT2D eigenvalue weighted by atomic mass is 10.1. The first-order valence-corrected chi connectivity index (χ1v) is 11.8. The largest absolute Gasteiger partial charge is 0.491 e. The van der Waals surface area contributed by atoms with Gasteiger partial charge in [0.05, 0.1) is 5.02 Å². The number of amides is 1. The van der Waals surface area contributed by atoms with Crippen LogP contribution in [0.4, 0.5) is 5.69 Å². The Labute approximate surface area is 188 Å². The van der Waals surface area contributed by atoms with Gasteiger partial charge >= 0.3 is 0 Å². The number of anilines is 1. The number of hydrogen-bond acceptors (Lipinski definition) is 4. The molecule has 1 aliphatic carbocycles. The van der Waals surface area contributed by atoms with Crippen molar-refractivity contribution in [2.24, 2.45) is 0 Å². The number of halogens is 1. The topological polar surface area (TPSA) is 42.0 Å². The second kappa shape index (κ2) is 9.09. The Hall–Kier alpha value is -2.24.